The lowest BCUT2D eigenvalue weighted by Crippen LogP contribution is -2.00. The molecule has 2 nitrogen and oxygen atoms in total. The highest BCUT2D eigenvalue weighted by molar-refractivity contribution is 9.10. The summed E-state index contributed by atoms with van der Waals surface area (Å²) in [7, 11) is 0. The highest BCUT2D eigenvalue weighted by Crippen LogP contribution is 2.26. The molecule has 0 fully saturated rings. The lowest BCUT2D eigenvalue weighted by molar-refractivity contribution is 0.177. The van der Waals surface area contributed by atoms with E-state index in [-0.39, 0.29) is 0 Å². The summed E-state index contributed by atoms with van der Waals surface area (Å²) in [4.78, 5) is 0. The molecule has 1 unspecified atom stereocenters. The Morgan fingerprint density at radius 1 is 1.38 bits per heavy atom. The van der Waals surface area contributed by atoms with Crippen LogP contribution in [0.2, 0.25) is 5.02 Å². The van der Waals surface area contributed by atoms with Crippen LogP contribution >= 0.6 is 27.5 Å². The first-order valence-corrected chi connectivity index (χ1v) is 5.98. The first-order chi connectivity index (χ1) is 7.66. The molecule has 0 saturated carbocycles. The second-order valence-corrected chi connectivity index (χ2v) is 4.84. The number of rotatable bonds is 3. The molecular weight excluding hydrogens is 291 g/mol. The van der Waals surface area contributed by atoms with Gasteiger partial charge in [0.1, 0.15) is 0 Å². The van der Waals surface area contributed by atoms with Crippen molar-refractivity contribution in [1.29, 1.82) is 0 Å². The van der Waals surface area contributed by atoms with E-state index in [4.69, 9.17) is 16.0 Å². The van der Waals surface area contributed by atoms with Crippen molar-refractivity contribution in [3.63, 3.8) is 0 Å². The lowest BCUT2D eigenvalue weighted by atomic mass is 10.0. The van der Waals surface area contributed by atoms with E-state index in [0.717, 1.165) is 15.6 Å². The molecule has 0 aliphatic rings. The predicted octanol–water partition coefficient (Wildman–Crippen LogP) is 3.97. The van der Waals surface area contributed by atoms with E-state index in [1.54, 1.807) is 12.3 Å². The number of halogens is 2. The molecular formula is C12H10BrClO2. The fourth-order valence-electron chi connectivity index (χ4n) is 1.48. The molecule has 1 N–H and O–H groups in total. The second kappa shape index (κ2) is 5.04. The number of benzene rings is 1. The quantitative estimate of drug-likeness (QED) is 0.930. The van der Waals surface area contributed by atoms with E-state index >= 15 is 0 Å². The first-order valence-electron chi connectivity index (χ1n) is 4.81. The van der Waals surface area contributed by atoms with Crippen molar-refractivity contribution in [1.82, 2.24) is 0 Å². The van der Waals surface area contributed by atoms with Gasteiger partial charge < -0.3 is 9.52 Å². The van der Waals surface area contributed by atoms with Crippen LogP contribution in [0.1, 0.15) is 17.2 Å². The van der Waals surface area contributed by atoms with Crippen molar-refractivity contribution in [3.8, 4) is 0 Å². The Hall–Kier alpha value is -0.770. The Kier molecular flexibility index (Phi) is 3.69. The van der Waals surface area contributed by atoms with Gasteiger partial charge in [-0.15, -0.1) is 0 Å². The predicted molar refractivity (Wildman–Crippen MR) is 66.5 cm³/mol. The van der Waals surface area contributed by atoms with Gasteiger partial charge in [-0.25, -0.2) is 0 Å². The Balaban J connectivity index is 2.15. The van der Waals surface area contributed by atoms with Crippen molar-refractivity contribution in [3.05, 3.63) is 57.4 Å². The second-order valence-electron chi connectivity index (χ2n) is 3.51. The highest BCUT2D eigenvalue weighted by Gasteiger charge is 2.11. The van der Waals surface area contributed by atoms with Gasteiger partial charge in [-0.1, -0.05) is 33.6 Å². The lowest BCUT2D eigenvalue weighted by Gasteiger charge is -2.10. The zero-order chi connectivity index (χ0) is 11.5. The smallest absolute Gasteiger partial charge is 0.0960 e. The molecule has 2 aromatic rings. The maximum Gasteiger partial charge on any atom is 0.0960 e. The molecule has 1 atom stereocenters. The molecule has 4 heteroatoms. The normalized spacial score (nSPS) is 12.7. The van der Waals surface area contributed by atoms with Gasteiger partial charge in [0.2, 0.25) is 0 Å². The molecule has 0 bridgehead atoms. The van der Waals surface area contributed by atoms with Gasteiger partial charge in [0.25, 0.3) is 0 Å². The van der Waals surface area contributed by atoms with E-state index in [9.17, 15) is 5.11 Å². The minimum Gasteiger partial charge on any atom is -0.472 e. The van der Waals surface area contributed by atoms with Crippen LogP contribution in [0.25, 0.3) is 0 Å². The summed E-state index contributed by atoms with van der Waals surface area (Å²) in [6.45, 7) is 0. The summed E-state index contributed by atoms with van der Waals surface area (Å²) in [5.74, 6) is 0. The van der Waals surface area contributed by atoms with Gasteiger partial charge in [0.05, 0.1) is 18.6 Å². The largest absolute Gasteiger partial charge is 0.472 e. The van der Waals surface area contributed by atoms with Crippen molar-refractivity contribution < 1.29 is 9.52 Å². The first kappa shape index (κ1) is 11.7. The van der Waals surface area contributed by atoms with E-state index in [0.29, 0.717) is 11.4 Å². The zero-order valence-corrected chi connectivity index (χ0v) is 10.7. The van der Waals surface area contributed by atoms with Gasteiger partial charge >= 0.3 is 0 Å². The van der Waals surface area contributed by atoms with Crippen molar-refractivity contribution in [2.75, 3.05) is 0 Å². The third kappa shape index (κ3) is 2.67. The summed E-state index contributed by atoms with van der Waals surface area (Å²) in [6, 6.07) is 7.37. The van der Waals surface area contributed by atoms with E-state index in [2.05, 4.69) is 15.9 Å². The Morgan fingerprint density at radius 2 is 2.19 bits per heavy atom. The minimum atomic E-state index is -0.586. The molecule has 0 saturated heterocycles. The van der Waals surface area contributed by atoms with Gasteiger partial charge in [-0.05, 0) is 23.8 Å². The molecule has 0 aliphatic heterocycles. The maximum absolute atomic E-state index is 9.93. The Bertz CT molecular complexity index is 468. The molecule has 0 spiro atoms. The fraction of sp³-hybridized carbons (Fsp3) is 0.167. The maximum atomic E-state index is 9.93. The summed E-state index contributed by atoms with van der Waals surface area (Å²) < 4.78 is 5.85. The van der Waals surface area contributed by atoms with E-state index in [1.807, 2.05) is 18.2 Å². The molecule has 1 aromatic heterocycles. The Labute approximate surface area is 107 Å². The molecule has 0 aliphatic carbocycles. The third-order valence-corrected chi connectivity index (χ3v) is 3.20. The SMILES string of the molecule is OC(Cc1ccc(Br)cc1Cl)c1ccoc1. The molecule has 16 heavy (non-hydrogen) atoms. The van der Waals surface area contributed by atoms with Crippen LogP contribution in [0.5, 0.6) is 0 Å². The van der Waals surface area contributed by atoms with Gasteiger partial charge in [0.15, 0.2) is 0 Å². The van der Waals surface area contributed by atoms with Crippen molar-refractivity contribution >= 4 is 27.5 Å². The van der Waals surface area contributed by atoms with Crippen LogP contribution in [0.15, 0.2) is 45.7 Å². The fourth-order valence-corrected chi connectivity index (χ4v) is 2.23. The van der Waals surface area contributed by atoms with Crippen LogP contribution in [-0.2, 0) is 6.42 Å². The number of hydrogen-bond donors (Lipinski definition) is 1. The standard InChI is InChI=1S/C12H10BrClO2/c13-10-2-1-8(11(14)6-10)5-12(15)9-3-4-16-7-9/h1-4,6-7,12,15H,5H2. The van der Waals surface area contributed by atoms with E-state index < -0.39 is 6.10 Å². The highest BCUT2D eigenvalue weighted by atomic mass is 79.9. The summed E-state index contributed by atoms with van der Waals surface area (Å²) >= 11 is 9.41. The molecule has 84 valence electrons. The van der Waals surface area contributed by atoms with Crippen LogP contribution in [-0.4, -0.2) is 5.11 Å². The number of hydrogen-bond acceptors (Lipinski definition) is 2. The summed E-state index contributed by atoms with van der Waals surface area (Å²) in [6.07, 6.45) is 2.97. The van der Waals surface area contributed by atoms with Crippen molar-refractivity contribution in [2.24, 2.45) is 0 Å². The van der Waals surface area contributed by atoms with Gasteiger partial charge in [-0.3, -0.25) is 0 Å². The monoisotopic (exact) mass is 300 g/mol. The minimum absolute atomic E-state index is 0.478. The van der Waals surface area contributed by atoms with Gasteiger partial charge in [-0.2, -0.15) is 0 Å². The third-order valence-electron chi connectivity index (χ3n) is 2.36. The molecule has 0 radical (unpaired) electrons. The van der Waals surface area contributed by atoms with Crippen LogP contribution in [0, 0.1) is 0 Å². The topological polar surface area (TPSA) is 33.4 Å². The molecule has 0 amide bonds. The van der Waals surface area contributed by atoms with Gasteiger partial charge in [0, 0.05) is 21.5 Å². The van der Waals surface area contributed by atoms with E-state index in [1.165, 1.54) is 6.26 Å². The van der Waals surface area contributed by atoms with Crippen LogP contribution in [0.3, 0.4) is 0 Å². The van der Waals surface area contributed by atoms with Crippen LogP contribution in [0.4, 0.5) is 0 Å². The molecule has 2 rings (SSSR count). The summed E-state index contributed by atoms with van der Waals surface area (Å²) in [5, 5.41) is 10.6. The zero-order valence-electron chi connectivity index (χ0n) is 8.36. The number of furan rings is 1. The number of aliphatic hydroxyl groups excluding tert-OH is 1. The summed E-state index contributed by atoms with van der Waals surface area (Å²) in [5.41, 5.74) is 1.68. The molecule has 1 aromatic carbocycles. The van der Waals surface area contributed by atoms with Crippen LogP contribution < -0.4 is 0 Å². The van der Waals surface area contributed by atoms with Crippen molar-refractivity contribution in [2.45, 2.75) is 12.5 Å². The average molecular weight is 302 g/mol. The average Bonchev–Trinajstić information content (AvgIpc) is 2.75. The Morgan fingerprint density at radius 3 is 2.81 bits per heavy atom. The molecule has 1 heterocycles. The number of aliphatic hydroxyl groups is 1.